The Bertz CT molecular complexity index is 826. The second-order valence-electron chi connectivity index (χ2n) is 5.70. The zero-order chi connectivity index (χ0) is 18.4. The maximum atomic E-state index is 12.4. The number of thioether (sulfide) groups is 1. The third-order valence-corrected chi connectivity index (χ3v) is 5.94. The van der Waals surface area contributed by atoms with Gasteiger partial charge in [-0.15, -0.1) is 11.8 Å². The van der Waals surface area contributed by atoms with Crippen LogP contribution in [-0.4, -0.2) is 46.2 Å². The van der Waals surface area contributed by atoms with Crippen LogP contribution >= 0.6 is 23.1 Å². The van der Waals surface area contributed by atoms with Crippen molar-refractivity contribution in [3.05, 3.63) is 48.2 Å². The Morgan fingerprint density at radius 1 is 1.19 bits per heavy atom. The third-order valence-electron chi connectivity index (χ3n) is 4.06. The van der Waals surface area contributed by atoms with Crippen LogP contribution in [0.5, 0.6) is 0 Å². The molecule has 2 heterocycles. The molecule has 0 fully saturated rings. The van der Waals surface area contributed by atoms with Gasteiger partial charge in [-0.25, -0.2) is 9.97 Å². The van der Waals surface area contributed by atoms with Gasteiger partial charge in [-0.3, -0.25) is 10.1 Å². The number of carbonyl (C=O) groups is 1. The summed E-state index contributed by atoms with van der Waals surface area (Å²) in [6.45, 7) is 7.51. The van der Waals surface area contributed by atoms with E-state index in [0.29, 0.717) is 10.7 Å². The van der Waals surface area contributed by atoms with Crippen molar-refractivity contribution < 1.29 is 4.79 Å². The smallest absolute Gasteiger partial charge is 0.259 e. The molecule has 0 aliphatic heterocycles. The number of rotatable bonds is 8. The Labute approximate surface area is 161 Å². The molecule has 1 amide bonds. The summed E-state index contributed by atoms with van der Waals surface area (Å²) in [4.78, 5) is 23.6. The first kappa shape index (κ1) is 18.8. The molecule has 0 saturated heterocycles. The van der Waals surface area contributed by atoms with Crippen molar-refractivity contribution in [3.8, 4) is 0 Å². The van der Waals surface area contributed by atoms with Crippen molar-refractivity contribution in [1.82, 2.24) is 14.9 Å². The van der Waals surface area contributed by atoms with E-state index in [1.165, 1.54) is 11.3 Å². The van der Waals surface area contributed by atoms with Crippen LogP contribution in [0.4, 0.5) is 5.13 Å². The van der Waals surface area contributed by atoms with Crippen LogP contribution in [0, 0.1) is 0 Å². The number of para-hydroxylation sites is 1. The Morgan fingerprint density at radius 3 is 2.69 bits per heavy atom. The molecule has 0 spiro atoms. The van der Waals surface area contributed by atoms with E-state index in [1.54, 1.807) is 18.0 Å². The molecule has 5 nitrogen and oxygen atoms in total. The summed E-state index contributed by atoms with van der Waals surface area (Å²) in [7, 11) is 0. The topological polar surface area (TPSA) is 58.1 Å². The average molecular weight is 387 g/mol. The van der Waals surface area contributed by atoms with Gasteiger partial charge >= 0.3 is 0 Å². The number of pyridine rings is 1. The van der Waals surface area contributed by atoms with Crippen LogP contribution in [0.3, 0.4) is 0 Å². The lowest BCUT2D eigenvalue weighted by Gasteiger charge is -2.17. The number of hydrogen-bond acceptors (Lipinski definition) is 6. The van der Waals surface area contributed by atoms with Crippen molar-refractivity contribution in [2.45, 2.75) is 18.9 Å². The van der Waals surface area contributed by atoms with Gasteiger partial charge < -0.3 is 4.90 Å². The van der Waals surface area contributed by atoms with Crippen LogP contribution in [0.15, 0.2) is 47.6 Å². The van der Waals surface area contributed by atoms with E-state index < -0.39 is 0 Å². The zero-order valence-electron chi connectivity index (χ0n) is 14.9. The Morgan fingerprint density at radius 2 is 2.00 bits per heavy atom. The number of nitrogens with one attached hydrogen (secondary N) is 1. The van der Waals surface area contributed by atoms with Crippen LogP contribution < -0.4 is 5.32 Å². The second kappa shape index (κ2) is 9.12. The maximum absolute atomic E-state index is 12.4. The number of fused-ring (bicyclic) bond motifs is 1. The summed E-state index contributed by atoms with van der Waals surface area (Å²) in [5, 5.41) is 4.40. The molecule has 2 aromatic heterocycles. The molecule has 7 heteroatoms. The monoisotopic (exact) mass is 386 g/mol. The third kappa shape index (κ3) is 4.81. The molecule has 26 heavy (non-hydrogen) atoms. The molecule has 136 valence electrons. The Hall–Kier alpha value is -1.96. The fraction of sp³-hybridized carbons (Fsp3) is 0.316. The number of nitrogens with zero attached hydrogens (tertiary/aromatic N) is 3. The summed E-state index contributed by atoms with van der Waals surface area (Å²) >= 11 is 3.18. The van der Waals surface area contributed by atoms with Crippen molar-refractivity contribution in [3.63, 3.8) is 0 Å². The van der Waals surface area contributed by atoms with Gasteiger partial charge in [0.15, 0.2) is 5.13 Å². The van der Waals surface area contributed by atoms with Gasteiger partial charge in [0.05, 0.1) is 20.8 Å². The number of aromatic nitrogens is 2. The van der Waals surface area contributed by atoms with E-state index >= 15 is 0 Å². The highest BCUT2D eigenvalue weighted by atomic mass is 32.2. The number of benzene rings is 1. The van der Waals surface area contributed by atoms with Gasteiger partial charge in [-0.05, 0) is 37.4 Å². The van der Waals surface area contributed by atoms with Crippen molar-refractivity contribution in [1.29, 1.82) is 0 Å². The van der Waals surface area contributed by atoms with E-state index in [1.807, 2.05) is 36.4 Å². The van der Waals surface area contributed by atoms with Gasteiger partial charge in [0, 0.05) is 18.5 Å². The molecule has 0 saturated carbocycles. The Balaban J connectivity index is 1.56. The average Bonchev–Trinajstić information content (AvgIpc) is 3.08. The van der Waals surface area contributed by atoms with Gasteiger partial charge in [-0.1, -0.05) is 37.3 Å². The fourth-order valence-corrected chi connectivity index (χ4v) is 4.23. The summed E-state index contributed by atoms with van der Waals surface area (Å²) in [5.74, 6) is 0.808. The molecule has 0 aliphatic carbocycles. The van der Waals surface area contributed by atoms with Gasteiger partial charge in [0.2, 0.25) is 0 Å². The normalized spacial score (nSPS) is 11.2. The number of hydrogen-bond donors (Lipinski definition) is 1. The predicted octanol–water partition coefficient (Wildman–Crippen LogP) is 4.38. The summed E-state index contributed by atoms with van der Waals surface area (Å²) in [6, 6.07) is 11.6. The van der Waals surface area contributed by atoms with Crippen LogP contribution in [0.1, 0.15) is 24.2 Å². The van der Waals surface area contributed by atoms with Crippen LogP contribution in [0.25, 0.3) is 10.2 Å². The van der Waals surface area contributed by atoms with E-state index in [2.05, 4.69) is 34.0 Å². The molecule has 0 atom stereocenters. The minimum absolute atomic E-state index is 0.184. The molecule has 1 aromatic carbocycles. The first-order valence-corrected chi connectivity index (χ1v) is 10.5. The summed E-state index contributed by atoms with van der Waals surface area (Å²) in [6.07, 6.45) is 1.63. The molecular formula is C19H22N4OS2. The number of thiazole rings is 1. The molecule has 3 rings (SSSR count). The zero-order valence-corrected chi connectivity index (χ0v) is 16.6. The van der Waals surface area contributed by atoms with E-state index in [4.69, 9.17) is 0 Å². The lowest BCUT2D eigenvalue weighted by molar-refractivity contribution is 0.102. The van der Waals surface area contributed by atoms with Gasteiger partial charge in [-0.2, -0.15) is 0 Å². The molecule has 0 unspecified atom stereocenters. The maximum Gasteiger partial charge on any atom is 0.259 e. The Kier molecular flexibility index (Phi) is 6.60. The predicted molar refractivity (Wildman–Crippen MR) is 110 cm³/mol. The number of carbonyl (C=O) groups excluding carboxylic acids is 1. The highest BCUT2D eigenvalue weighted by Crippen LogP contribution is 2.25. The lowest BCUT2D eigenvalue weighted by Crippen LogP contribution is -2.25. The van der Waals surface area contributed by atoms with Crippen molar-refractivity contribution in [2.75, 3.05) is 30.7 Å². The molecule has 3 aromatic rings. The first-order valence-electron chi connectivity index (χ1n) is 8.67. The summed E-state index contributed by atoms with van der Waals surface area (Å²) in [5.41, 5.74) is 1.43. The molecule has 0 radical (unpaired) electrons. The van der Waals surface area contributed by atoms with E-state index in [9.17, 15) is 4.79 Å². The first-order chi connectivity index (χ1) is 12.7. The highest BCUT2D eigenvalue weighted by molar-refractivity contribution is 7.99. The highest BCUT2D eigenvalue weighted by Gasteiger charge is 2.10. The molecular weight excluding hydrogens is 364 g/mol. The fourth-order valence-electron chi connectivity index (χ4n) is 2.51. The van der Waals surface area contributed by atoms with E-state index in [0.717, 1.165) is 40.6 Å². The number of anilines is 1. The lowest BCUT2D eigenvalue weighted by atomic mass is 10.3. The quantitative estimate of drug-likeness (QED) is 0.582. The van der Waals surface area contributed by atoms with Crippen molar-refractivity contribution >= 4 is 44.4 Å². The molecule has 0 bridgehead atoms. The minimum Gasteiger partial charge on any atom is -0.303 e. The minimum atomic E-state index is -0.184. The standard InChI is InChI=1S/C19H22N4OS2/c1-3-23(4-2)11-12-25-17-10-9-14(13-20-17)18(24)22-19-21-15-7-5-6-8-16(15)26-19/h5-10,13H,3-4,11-12H2,1-2H3,(H,21,22,24). The van der Waals surface area contributed by atoms with E-state index in [-0.39, 0.29) is 5.91 Å². The SMILES string of the molecule is CCN(CC)CCSc1ccc(C(=O)Nc2nc3ccccc3s2)cn1. The molecule has 0 aliphatic rings. The van der Waals surface area contributed by atoms with Crippen molar-refractivity contribution in [2.24, 2.45) is 0 Å². The molecule has 1 N–H and O–H groups in total. The van der Waals surface area contributed by atoms with Crippen LogP contribution in [0.2, 0.25) is 0 Å². The summed E-state index contributed by atoms with van der Waals surface area (Å²) < 4.78 is 1.06. The number of amides is 1. The second-order valence-corrected chi connectivity index (χ2v) is 7.85. The van der Waals surface area contributed by atoms with Crippen LogP contribution in [-0.2, 0) is 0 Å². The van der Waals surface area contributed by atoms with Gasteiger partial charge in [0.1, 0.15) is 0 Å². The van der Waals surface area contributed by atoms with Gasteiger partial charge in [0.25, 0.3) is 5.91 Å². The largest absolute Gasteiger partial charge is 0.303 e.